The summed E-state index contributed by atoms with van der Waals surface area (Å²) in [5, 5.41) is 14.6. The summed E-state index contributed by atoms with van der Waals surface area (Å²) in [5.74, 6) is -2.68. The molecule has 4 rings (SSSR count). The van der Waals surface area contributed by atoms with Crippen LogP contribution in [0.3, 0.4) is 0 Å². The van der Waals surface area contributed by atoms with Crippen molar-refractivity contribution < 1.29 is 27.9 Å². The fraction of sp³-hybridized carbons (Fsp3) is 0.320. The van der Waals surface area contributed by atoms with Crippen molar-refractivity contribution in [3.63, 3.8) is 0 Å². The number of fused-ring (bicyclic) bond motifs is 1. The van der Waals surface area contributed by atoms with Crippen molar-refractivity contribution in [2.75, 3.05) is 26.0 Å². The largest absolute Gasteiger partial charge is 0.490 e. The van der Waals surface area contributed by atoms with E-state index in [1.54, 1.807) is 10.9 Å². The number of carbonyl (C=O) groups is 2. The third-order valence-electron chi connectivity index (χ3n) is 5.41. The zero-order chi connectivity index (χ0) is 26.5. The Hall–Kier alpha value is -3.86. The first kappa shape index (κ1) is 26.7. The summed E-state index contributed by atoms with van der Waals surface area (Å²) in [5.41, 5.74) is 6.42. The summed E-state index contributed by atoms with van der Waals surface area (Å²) in [6, 6.07) is 14.3. The Bertz CT molecular complexity index is 1220. The molecule has 8 nitrogen and oxygen atoms in total. The third-order valence-corrected chi connectivity index (χ3v) is 5.41. The van der Waals surface area contributed by atoms with Gasteiger partial charge in [-0.15, -0.1) is 0 Å². The Balaban J connectivity index is 0.000000454. The molecule has 0 saturated heterocycles. The molecule has 2 heterocycles. The van der Waals surface area contributed by atoms with E-state index in [0.29, 0.717) is 12.1 Å². The number of hydrogen-bond donors (Lipinski definition) is 2. The van der Waals surface area contributed by atoms with Gasteiger partial charge in [0.05, 0.1) is 11.9 Å². The van der Waals surface area contributed by atoms with Crippen LogP contribution in [0.15, 0.2) is 54.9 Å². The van der Waals surface area contributed by atoms with Gasteiger partial charge in [0, 0.05) is 44.1 Å². The lowest BCUT2D eigenvalue weighted by atomic mass is 9.96. The number of hydrogen-bond acceptors (Lipinski definition) is 5. The number of aryl methyl sites for hydroxylation is 1. The van der Waals surface area contributed by atoms with Crippen LogP contribution >= 0.6 is 0 Å². The molecule has 0 unspecified atom stereocenters. The summed E-state index contributed by atoms with van der Waals surface area (Å²) >= 11 is 0. The number of aliphatic carboxylic acids is 1. The minimum Gasteiger partial charge on any atom is -0.475 e. The fourth-order valence-electron chi connectivity index (χ4n) is 3.81. The fourth-order valence-corrected chi connectivity index (χ4v) is 3.81. The van der Waals surface area contributed by atoms with E-state index in [4.69, 9.17) is 9.90 Å². The van der Waals surface area contributed by atoms with E-state index in [2.05, 4.69) is 47.6 Å². The summed E-state index contributed by atoms with van der Waals surface area (Å²) in [6.45, 7) is 2.35. The lowest BCUT2D eigenvalue weighted by molar-refractivity contribution is -0.192. The van der Waals surface area contributed by atoms with Crippen molar-refractivity contribution in [2.45, 2.75) is 25.7 Å². The van der Waals surface area contributed by atoms with Crippen molar-refractivity contribution in [3.05, 3.63) is 77.1 Å². The van der Waals surface area contributed by atoms with Gasteiger partial charge in [-0.3, -0.25) is 9.48 Å². The molecule has 11 heteroatoms. The molecule has 0 fully saturated rings. The Morgan fingerprint density at radius 1 is 1.11 bits per heavy atom. The molecule has 0 spiro atoms. The van der Waals surface area contributed by atoms with Crippen molar-refractivity contribution in [1.82, 2.24) is 19.6 Å². The predicted molar refractivity (Wildman–Crippen MR) is 129 cm³/mol. The SMILES string of the molecule is CN(C)Cc1ccc2c(c1)CCN(C(=O)c1cccc(Nc3cnn(C)c3)c1)C2.O=C(O)C(F)(F)F. The minimum absolute atomic E-state index is 0.0721. The van der Waals surface area contributed by atoms with Crippen LogP contribution in [0.25, 0.3) is 0 Å². The van der Waals surface area contributed by atoms with Crippen LogP contribution in [0.2, 0.25) is 0 Å². The number of benzene rings is 2. The molecule has 1 amide bonds. The predicted octanol–water partition coefficient (Wildman–Crippen LogP) is 4.06. The second-order valence-corrected chi connectivity index (χ2v) is 8.73. The molecule has 0 saturated carbocycles. The first-order chi connectivity index (χ1) is 16.9. The number of amides is 1. The number of anilines is 2. The molecule has 0 aliphatic carbocycles. The maximum atomic E-state index is 13.1. The van der Waals surface area contributed by atoms with Crippen LogP contribution in [0.1, 0.15) is 27.0 Å². The van der Waals surface area contributed by atoms with Crippen molar-refractivity contribution in [2.24, 2.45) is 7.05 Å². The number of alkyl halides is 3. The molecule has 1 aliphatic rings. The van der Waals surface area contributed by atoms with Gasteiger partial charge in [0.2, 0.25) is 0 Å². The Labute approximate surface area is 206 Å². The second kappa shape index (κ2) is 11.3. The zero-order valence-electron chi connectivity index (χ0n) is 20.2. The van der Waals surface area contributed by atoms with E-state index < -0.39 is 12.1 Å². The van der Waals surface area contributed by atoms with Crippen LogP contribution < -0.4 is 5.32 Å². The number of carbonyl (C=O) groups excluding carboxylic acids is 1. The highest BCUT2D eigenvalue weighted by Gasteiger charge is 2.38. The van der Waals surface area contributed by atoms with Gasteiger partial charge in [-0.25, -0.2) is 4.79 Å². The van der Waals surface area contributed by atoms with Gasteiger partial charge < -0.3 is 20.2 Å². The van der Waals surface area contributed by atoms with E-state index >= 15 is 0 Å². The van der Waals surface area contributed by atoms with E-state index in [1.807, 2.05) is 42.4 Å². The molecule has 2 aromatic carbocycles. The summed E-state index contributed by atoms with van der Waals surface area (Å²) in [4.78, 5) is 26.1. The number of carboxylic acid groups (broad SMARTS) is 1. The molecule has 0 radical (unpaired) electrons. The zero-order valence-corrected chi connectivity index (χ0v) is 20.2. The Kier molecular flexibility index (Phi) is 8.36. The quantitative estimate of drug-likeness (QED) is 0.546. The van der Waals surface area contributed by atoms with Crippen molar-refractivity contribution >= 4 is 23.3 Å². The maximum Gasteiger partial charge on any atom is 0.490 e. The Morgan fingerprint density at radius 2 is 1.83 bits per heavy atom. The van der Waals surface area contributed by atoms with Gasteiger partial charge >= 0.3 is 12.1 Å². The average molecular weight is 504 g/mol. The molecular weight excluding hydrogens is 475 g/mol. The number of halogens is 3. The smallest absolute Gasteiger partial charge is 0.475 e. The van der Waals surface area contributed by atoms with Gasteiger partial charge in [0.25, 0.3) is 5.91 Å². The van der Waals surface area contributed by atoms with Crippen LogP contribution in [0.5, 0.6) is 0 Å². The van der Waals surface area contributed by atoms with Gasteiger partial charge in [-0.1, -0.05) is 24.3 Å². The standard InChI is InChI=1S/C23H27N5O.C2HF3O2/c1-26(2)14-17-7-8-20-15-28(10-9-18(20)11-17)23(29)19-5-4-6-21(12-19)25-22-13-24-27(3)16-22;3-2(4,5)1(6)7/h4-8,11-13,16,25H,9-10,14-15H2,1-3H3;(H,6,7). The van der Waals surface area contributed by atoms with Gasteiger partial charge in [0.15, 0.2) is 0 Å². The summed E-state index contributed by atoms with van der Waals surface area (Å²) < 4.78 is 33.5. The van der Waals surface area contributed by atoms with Crippen LogP contribution in [-0.2, 0) is 31.4 Å². The van der Waals surface area contributed by atoms with E-state index in [-0.39, 0.29) is 5.91 Å². The molecular formula is C25H28F3N5O3. The lowest BCUT2D eigenvalue weighted by Crippen LogP contribution is -2.36. The highest BCUT2D eigenvalue weighted by molar-refractivity contribution is 5.95. The molecule has 192 valence electrons. The average Bonchev–Trinajstić information content (AvgIpc) is 3.22. The van der Waals surface area contributed by atoms with Gasteiger partial charge in [0.1, 0.15) is 0 Å². The number of rotatable bonds is 5. The molecule has 1 aliphatic heterocycles. The molecule has 0 bridgehead atoms. The first-order valence-corrected chi connectivity index (χ1v) is 11.1. The molecule has 36 heavy (non-hydrogen) atoms. The number of aromatic nitrogens is 2. The van der Waals surface area contributed by atoms with E-state index in [0.717, 1.165) is 30.9 Å². The van der Waals surface area contributed by atoms with Gasteiger partial charge in [-0.2, -0.15) is 18.3 Å². The number of nitrogens with zero attached hydrogens (tertiary/aromatic N) is 4. The topological polar surface area (TPSA) is 90.7 Å². The van der Waals surface area contributed by atoms with Crippen molar-refractivity contribution in [1.29, 1.82) is 0 Å². The van der Waals surface area contributed by atoms with Crippen LogP contribution in [0, 0.1) is 0 Å². The van der Waals surface area contributed by atoms with Crippen LogP contribution in [-0.4, -0.2) is 63.4 Å². The molecule has 2 N–H and O–H groups in total. The molecule has 3 aromatic rings. The highest BCUT2D eigenvalue weighted by Crippen LogP contribution is 2.24. The number of nitrogens with one attached hydrogen (secondary N) is 1. The number of carboxylic acids is 1. The van der Waals surface area contributed by atoms with Crippen molar-refractivity contribution in [3.8, 4) is 0 Å². The van der Waals surface area contributed by atoms with E-state index in [9.17, 15) is 18.0 Å². The normalized spacial score (nSPS) is 13.0. The first-order valence-electron chi connectivity index (χ1n) is 11.1. The molecule has 0 atom stereocenters. The van der Waals surface area contributed by atoms with Gasteiger partial charge in [-0.05, 0) is 55.4 Å². The van der Waals surface area contributed by atoms with E-state index in [1.165, 1.54) is 16.7 Å². The summed E-state index contributed by atoms with van der Waals surface area (Å²) in [7, 11) is 6.04. The second-order valence-electron chi connectivity index (χ2n) is 8.73. The molecule has 1 aromatic heterocycles. The Morgan fingerprint density at radius 3 is 2.44 bits per heavy atom. The third kappa shape index (κ3) is 7.32. The monoisotopic (exact) mass is 503 g/mol. The maximum absolute atomic E-state index is 13.1. The lowest BCUT2D eigenvalue weighted by Gasteiger charge is -2.29. The minimum atomic E-state index is -5.08. The van der Waals surface area contributed by atoms with Crippen LogP contribution in [0.4, 0.5) is 24.5 Å². The highest BCUT2D eigenvalue weighted by atomic mass is 19.4. The summed E-state index contributed by atoms with van der Waals surface area (Å²) in [6.07, 6.45) is -0.517.